The Balaban J connectivity index is 2.15. The van der Waals surface area contributed by atoms with Crippen LogP contribution in [0.2, 0.25) is 0 Å². The average molecular weight is 334 g/mol. The van der Waals surface area contributed by atoms with Gasteiger partial charge in [-0.3, -0.25) is 0 Å². The van der Waals surface area contributed by atoms with E-state index in [-0.39, 0.29) is 0 Å². The van der Waals surface area contributed by atoms with Crippen LogP contribution in [0.25, 0.3) is 20.8 Å². The number of methoxy groups -OCH3 is 1. The zero-order chi connectivity index (χ0) is 13.2. The Bertz CT molecular complexity index is 690. The maximum atomic E-state index is 5.48. The first-order valence-corrected chi connectivity index (χ1v) is 7.84. The summed E-state index contributed by atoms with van der Waals surface area (Å²) in [5.41, 5.74) is 3.28. The molecule has 19 heavy (non-hydrogen) atoms. The van der Waals surface area contributed by atoms with Crippen LogP contribution in [0.3, 0.4) is 0 Å². The number of benzene rings is 2. The number of nitrogens with zero attached hydrogens (tertiary/aromatic N) is 1. The second-order valence-electron chi connectivity index (χ2n) is 4.16. The number of fused-ring (bicyclic) bond motifs is 1. The molecule has 0 aliphatic carbocycles. The number of halogens is 1. The molecule has 0 radical (unpaired) electrons. The van der Waals surface area contributed by atoms with Crippen molar-refractivity contribution in [3.8, 4) is 16.3 Å². The topological polar surface area (TPSA) is 22.1 Å². The third-order valence-corrected chi connectivity index (χ3v) is 4.66. The Morgan fingerprint density at radius 1 is 1.21 bits per heavy atom. The van der Waals surface area contributed by atoms with Crippen LogP contribution in [0.4, 0.5) is 0 Å². The normalized spacial score (nSPS) is 10.8. The standard InChI is InChI=1S/C15H12BrNOS/c1-18-13-8-10(9-16)6-7-11(13)15-17-12-4-2-3-5-14(12)19-15/h2-8H,9H2,1H3. The quantitative estimate of drug-likeness (QED) is 0.638. The monoisotopic (exact) mass is 333 g/mol. The average Bonchev–Trinajstić information content (AvgIpc) is 2.90. The van der Waals surface area contributed by atoms with Gasteiger partial charge in [0.2, 0.25) is 0 Å². The first-order chi connectivity index (χ1) is 9.31. The van der Waals surface area contributed by atoms with E-state index in [1.807, 2.05) is 18.2 Å². The first kappa shape index (κ1) is 12.6. The summed E-state index contributed by atoms with van der Waals surface area (Å²) in [5.74, 6) is 0.871. The summed E-state index contributed by atoms with van der Waals surface area (Å²) in [6, 6.07) is 14.4. The summed E-state index contributed by atoms with van der Waals surface area (Å²) in [4.78, 5) is 4.67. The van der Waals surface area contributed by atoms with Gasteiger partial charge in [0.15, 0.2) is 0 Å². The second kappa shape index (κ2) is 5.31. The summed E-state index contributed by atoms with van der Waals surface area (Å²) in [6.45, 7) is 0. The maximum absolute atomic E-state index is 5.48. The fraction of sp³-hybridized carbons (Fsp3) is 0.133. The van der Waals surface area contributed by atoms with Crippen molar-refractivity contribution >= 4 is 37.5 Å². The highest BCUT2D eigenvalue weighted by Gasteiger charge is 2.11. The predicted octanol–water partition coefficient (Wildman–Crippen LogP) is 4.87. The molecule has 0 unspecified atom stereocenters. The third kappa shape index (κ3) is 2.38. The van der Waals surface area contributed by atoms with Gasteiger partial charge in [0.1, 0.15) is 10.8 Å². The van der Waals surface area contributed by atoms with E-state index in [2.05, 4.69) is 45.2 Å². The van der Waals surface area contributed by atoms with E-state index in [4.69, 9.17) is 4.74 Å². The fourth-order valence-electron chi connectivity index (χ4n) is 1.98. The van der Waals surface area contributed by atoms with Crippen molar-refractivity contribution in [1.29, 1.82) is 0 Å². The molecule has 0 atom stereocenters. The maximum Gasteiger partial charge on any atom is 0.129 e. The number of rotatable bonds is 3. The molecule has 0 saturated carbocycles. The lowest BCUT2D eigenvalue weighted by atomic mass is 10.1. The minimum absolute atomic E-state index is 0.823. The van der Waals surface area contributed by atoms with Gasteiger partial charge in [0, 0.05) is 5.33 Å². The molecule has 0 saturated heterocycles. The van der Waals surface area contributed by atoms with Gasteiger partial charge in [-0.05, 0) is 29.8 Å². The minimum atomic E-state index is 0.823. The smallest absolute Gasteiger partial charge is 0.129 e. The largest absolute Gasteiger partial charge is 0.496 e. The van der Waals surface area contributed by atoms with Crippen molar-refractivity contribution in [1.82, 2.24) is 4.98 Å². The number of para-hydroxylation sites is 1. The van der Waals surface area contributed by atoms with Gasteiger partial charge in [-0.2, -0.15) is 0 Å². The Morgan fingerprint density at radius 3 is 2.79 bits per heavy atom. The zero-order valence-corrected chi connectivity index (χ0v) is 12.8. The Morgan fingerprint density at radius 2 is 2.05 bits per heavy atom. The zero-order valence-electron chi connectivity index (χ0n) is 10.4. The van der Waals surface area contributed by atoms with Gasteiger partial charge in [-0.15, -0.1) is 11.3 Å². The first-order valence-electron chi connectivity index (χ1n) is 5.90. The second-order valence-corrected chi connectivity index (χ2v) is 5.75. The van der Waals surface area contributed by atoms with E-state index in [1.165, 1.54) is 10.3 Å². The van der Waals surface area contributed by atoms with Crippen molar-refractivity contribution in [3.05, 3.63) is 48.0 Å². The summed E-state index contributed by atoms with van der Waals surface area (Å²) < 4.78 is 6.68. The van der Waals surface area contributed by atoms with Crippen LogP contribution in [0, 0.1) is 0 Å². The summed E-state index contributed by atoms with van der Waals surface area (Å²) in [5, 5.41) is 1.82. The number of ether oxygens (including phenoxy) is 1. The SMILES string of the molecule is COc1cc(CBr)ccc1-c1nc2ccccc2s1. The van der Waals surface area contributed by atoms with Crippen LogP contribution in [0.15, 0.2) is 42.5 Å². The number of thiazole rings is 1. The molecule has 0 spiro atoms. The summed E-state index contributed by atoms with van der Waals surface area (Å²) in [7, 11) is 1.70. The van der Waals surface area contributed by atoms with Gasteiger partial charge in [0.05, 0.1) is 22.9 Å². The van der Waals surface area contributed by atoms with Crippen LogP contribution < -0.4 is 4.74 Å². The highest BCUT2D eigenvalue weighted by Crippen LogP contribution is 2.36. The van der Waals surface area contributed by atoms with Crippen molar-refractivity contribution < 1.29 is 4.74 Å². The van der Waals surface area contributed by atoms with Gasteiger partial charge >= 0.3 is 0 Å². The highest BCUT2D eigenvalue weighted by atomic mass is 79.9. The summed E-state index contributed by atoms with van der Waals surface area (Å²) in [6.07, 6.45) is 0. The predicted molar refractivity (Wildman–Crippen MR) is 84.2 cm³/mol. The molecule has 2 aromatic carbocycles. The molecule has 4 heteroatoms. The lowest BCUT2D eigenvalue weighted by molar-refractivity contribution is 0.416. The van der Waals surface area contributed by atoms with Crippen molar-refractivity contribution in [2.24, 2.45) is 0 Å². The molecular weight excluding hydrogens is 322 g/mol. The Kier molecular flexibility index (Phi) is 3.53. The molecule has 0 fully saturated rings. The van der Waals surface area contributed by atoms with Gasteiger partial charge in [0.25, 0.3) is 0 Å². The molecule has 0 aliphatic heterocycles. The van der Waals surface area contributed by atoms with E-state index in [0.29, 0.717) is 0 Å². The van der Waals surface area contributed by atoms with E-state index >= 15 is 0 Å². The fourth-order valence-corrected chi connectivity index (χ4v) is 3.33. The Labute approximate surface area is 124 Å². The van der Waals surface area contributed by atoms with Crippen LogP contribution in [-0.4, -0.2) is 12.1 Å². The van der Waals surface area contributed by atoms with Gasteiger partial charge in [-0.1, -0.05) is 34.1 Å². The van der Waals surface area contributed by atoms with E-state index < -0.39 is 0 Å². The van der Waals surface area contributed by atoms with E-state index in [1.54, 1.807) is 18.4 Å². The molecule has 0 bridgehead atoms. The van der Waals surface area contributed by atoms with Crippen LogP contribution >= 0.6 is 27.3 Å². The lowest BCUT2D eigenvalue weighted by Gasteiger charge is -2.07. The van der Waals surface area contributed by atoms with E-state index in [9.17, 15) is 0 Å². The number of aromatic nitrogens is 1. The third-order valence-electron chi connectivity index (χ3n) is 2.94. The molecule has 1 heterocycles. The van der Waals surface area contributed by atoms with Gasteiger partial charge < -0.3 is 4.74 Å². The molecule has 1 aromatic heterocycles. The highest BCUT2D eigenvalue weighted by molar-refractivity contribution is 9.08. The van der Waals surface area contributed by atoms with Gasteiger partial charge in [-0.25, -0.2) is 4.98 Å². The molecule has 3 aromatic rings. The van der Waals surface area contributed by atoms with Crippen molar-refractivity contribution in [2.45, 2.75) is 5.33 Å². The molecular formula is C15H12BrNOS. The Hall–Kier alpha value is -1.39. The lowest BCUT2D eigenvalue weighted by Crippen LogP contribution is -1.89. The van der Waals surface area contributed by atoms with E-state index in [0.717, 1.165) is 27.2 Å². The molecule has 0 aliphatic rings. The number of hydrogen-bond donors (Lipinski definition) is 0. The van der Waals surface area contributed by atoms with Crippen LogP contribution in [0.1, 0.15) is 5.56 Å². The molecule has 3 rings (SSSR count). The number of alkyl halides is 1. The van der Waals surface area contributed by atoms with Crippen LogP contribution in [-0.2, 0) is 5.33 Å². The van der Waals surface area contributed by atoms with Crippen molar-refractivity contribution in [3.63, 3.8) is 0 Å². The molecule has 2 nitrogen and oxygen atoms in total. The molecule has 96 valence electrons. The number of hydrogen-bond acceptors (Lipinski definition) is 3. The minimum Gasteiger partial charge on any atom is -0.496 e. The van der Waals surface area contributed by atoms with Crippen LogP contribution in [0.5, 0.6) is 5.75 Å². The molecule has 0 amide bonds. The summed E-state index contributed by atoms with van der Waals surface area (Å²) >= 11 is 5.15. The van der Waals surface area contributed by atoms with Crippen molar-refractivity contribution in [2.75, 3.05) is 7.11 Å². The molecule has 0 N–H and O–H groups in total.